The van der Waals surface area contributed by atoms with Crippen molar-refractivity contribution in [2.24, 2.45) is 0 Å². The first-order valence-electron chi connectivity index (χ1n) is 6.18. The summed E-state index contributed by atoms with van der Waals surface area (Å²) in [5.41, 5.74) is 0. The van der Waals surface area contributed by atoms with Gasteiger partial charge in [0.1, 0.15) is 0 Å². The topological polar surface area (TPSA) is 12.5 Å². The van der Waals surface area contributed by atoms with Crippen molar-refractivity contribution in [1.82, 2.24) is 4.90 Å². The van der Waals surface area contributed by atoms with E-state index in [2.05, 4.69) is 4.90 Å². The summed E-state index contributed by atoms with van der Waals surface area (Å²) in [6, 6.07) is 0. The van der Waals surface area contributed by atoms with Gasteiger partial charge in [-0.25, -0.2) is 0 Å². The SMILES string of the molecule is COC1CCCN(CCCCCCCl)C1. The van der Waals surface area contributed by atoms with Crippen molar-refractivity contribution in [3.05, 3.63) is 0 Å². The van der Waals surface area contributed by atoms with Gasteiger partial charge in [0.25, 0.3) is 0 Å². The number of halogens is 1. The van der Waals surface area contributed by atoms with E-state index in [-0.39, 0.29) is 0 Å². The minimum Gasteiger partial charge on any atom is -0.380 e. The van der Waals surface area contributed by atoms with Gasteiger partial charge in [0.15, 0.2) is 0 Å². The van der Waals surface area contributed by atoms with Gasteiger partial charge in [0.2, 0.25) is 0 Å². The number of rotatable bonds is 7. The maximum atomic E-state index is 5.64. The maximum absolute atomic E-state index is 5.64. The van der Waals surface area contributed by atoms with Crippen molar-refractivity contribution < 1.29 is 4.74 Å². The van der Waals surface area contributed by atoms with Gasteiger partial charge in [-0.3, -0.25) is 0 Å². The second kappa shape index (κ2) is 8.37. The molecule has 0 saturated carbocycles. The molecule has 1 aliphatic rings. The monoisotopic (exact) mass is 233 g/mol. The molecule has 0 bridgehead atoms. The zero-order chi connectivity index (χ0) is 10.9. The molecule has 1 unspecified atom stereocenters. The molecule has 0 aromatic carbocycles. The molecule has 0 aliphatic carbocycles. The van der Waals surface area contributed by atoms with E-state index in [0.29, 0.717) is 6.10 Å². The third-order valence-electron chi connectivity index (χ3n) is 3.15. The fourth-order valence-electron chi connectivity index (χ4n) is 2.19. The summed E-state index contributed by atoms with van der Waals surface area (Å²) < 4.78 is 5.41. The first kappa shape index (κ1) is 13.3. The van der Waals surface area contributed by atoms with Crippen molar-refractivity contribution in [2.75, 3.05) is 32.6 Å². The fraction of sp³-hybridized carbons (Fsp3) is 1.00. The van der Waals surface area contributed by atoms with E-state index in [9.17, 15) is 0 Å². The Balaban J connectivity index is 2.00. The molecule has 2 nitrogen and oxygen atoms in total. The van der Waals surface area contributed by atoms with Gasteiger partial charge < -0.3 is 9.64 Å². The van der Waals surface area contributed by atoms with Crippen LogP contribution in [0.4, 0.5) is 0 Å². The van der Waals surface area contributed by atoms with Crippen molar-refractivity contribution in [3.63, 3.8) is 0 Å². The average molecular weight is 234 g/mol. The van der Waals surface area contributed by atoms with E-state index >= 15 is 0 Å². The van der Waals surface area contributed by atoms with Gasteiger partial charge in [-0.1, -0.05) is 12.8 Å². The summed E-state index contributed by atoms with van der Waals surface area (Å²) in [4.78, 5) is 2.54. The minimum atomic E-state index is 0.474. The van der Waals surface area contributed by atoms with Crippen LogP contribution in [0.5, 0.6) is 0 Å². The van der Waals surface area contributed by atoms with Crippen molar-refractivity contribution in [3.8, 4) is 0 Å². The van der Waals surface area contributed by atoms with E-state index in [0.717, 1.165) is 12.4 Å². The molecule has 90 valence electrons. The molecule has 1 saturated heterocycles. The van der Waals surface area contributed by atoms with Crippen LogP contribution in [0, 0.1) is 0 Å². The Morgan fingerprint density at radius 1 is 1.27 bits per heavy atom. The molecule has 1 aliphatic heterocycles. The summed E-state index contributed by atoms with van der Waals surface area (Å²) in [5.74, 6) is 0.815. The molecule has 0 aromatic heterocycles. The lowest BCUT2D eigenvalue weighted by Gasteiger charge is -2.31. The van der Waals surface area contributed by atoms with Crippen molar-refractivity contribution in [1.29, 1.82) is 0 Å². The molecule has 0 amide bonds. The number of ether oxygens (including phenoxy) is 1. The van der Waals surface area contributed by atoms with Crippen LogP contribution in [-0.4, -0.2) is 43.6 Å². The molecule has 0 aromatic rings. The van der Waals surface area contributed by atoms with Crippen LogP contribution in [0.1, 0.15) is 38.5 Å². The van der Waals surface area contributed by atoms with Gasteiger partial charge in [-0.15, -0.1) is 11.6 Å². The number of alkyl halides is 1. The van der Waals surface area contributed by atoms with Crippen LogP contribution in [0.15, 0.2) is 0 Å². The Kier molecular flexibility index (Phi) is 7.41. The predicted octanol–water partition coefficient (Wildman–Crippen LogP) is 2.90. The Hall–Kier alpha value is 0.210. The van der Waals surface area contributed by atoms with E-state index in [1.54, 1.807) is 0 Å². The highest BCUT2D eigenvalue weighted by molar-refractivity contribution is 6.17. The number of hydrogen-bond acceptors (Lipinski definition) is 2. The quantitative estimate of drug-likeness (QED) is 0.495. The molecule has 0 radical (unpaired) electrons. The van der Waals surface area contributed by atoms with Crippen LogP contribution in [0.25, 0.3) is 0 Å². The largest absolute Gasteiger partial charge is 0.380 e. The molecular formula is C12H24ClNO. The minimum absolute atomic E-state index is 0.474. The fourth-order valence-corrected chi connectivity index (χ4v) is 2.38. The molecule has 15 heavy (non-hydrogen) atoms. The molecule has 3 heteroatoms. The summed E-state index contributed by atoms with van der Waals surface area (Å²) in [5, 5.41) is 0. The number of piperidine rings is 1. The Morgan fingerprint density at radius 3 is 2.80 bits per heavy atom. The number of nitrogens with zero attached hydrogens (tertiary/aromatic N) is 1. The number of unbranched alkanes of at least 4 members (excludes halogenated alkanes) is 3. The van der Waals surface area contributed by atoms with Crippen molar-refractivity contribution >= 4 is 11.6 Å². The van der Waals surface area contributed by atoms with Crippen LogP contribution in [0.3, 0.4) is 0 Å². The molecule has 1 atom stereocenters. The van der Waals surface area contributed by atoms with Crippen LogP contribution in [0.2, 0.25) is 0 Å². The highest BCUT2D eigenvalue weighted by atomic mass is 35.5. The number of hydrogen-bond donors (Lipinski definition) is 0. The lowest BCUT2D eigenvalue weighted by molar-refractivity contribution is 0.0309. The molecule has 1 heterocycles. The molecule has 0 N–H and O–H groups in total. The van der Waals surface area contributed by atoms with Gasteiger partial charge in [0.05, 0.1) is 6.10 Å². The third kappa shape index (κ3) is 5.74. The van der Waals surface area contributed by atoms with E-state index in [1.807, 2.05) is 7.11 Å². The Labute approximate surface area is 98.9 Å². The van der Waals surface area contributed by atoms with Gasteiger partial charge in [-0.2, -0.15) is 0 Å². The summed E-state index contributed by atoms with van der Waals surface area (Å²) in [6.45, 7) is 3.63. The second-order valence-electron chi connectivity index (χ2n) is 4.40. The molecule has 1 rings (SSSR count). The average Bonchev–Trinajstić information content (AvgIpc) is 2.29. The molecule has 1 fully saturated rings. The van der Waals surface area contributed by atoms with Crippen LogP contribution < -0.4 is 0 Å². The third-order valence-corrected chi connectivity index (χ3v) is 3.42. The van der Waals surface area contributed by atoms with E-state index < -0.39 is 0 Å². The lowest BCUT2D eigenvalue weighted by Crippen LogP contribution is -2.39. The lowest BCUT2D eigenvalue weighted by atomic mass is 10.1. The standard InChI is InChI=1S/C12H24ClNO/c1-15-12-7-6-10-14(11-12)9-5-3-2-4-8-13/h12H,2-11H2,1H3. The zero-order valence-corrected chi connectivity index (χ0v) is 10.6. The molecule has 0 spiro atoms. The zero-order valence-electron chi connectivity index (χ0n) is 9.88. The van der Waals surface area contributed by atoms with E-state index in [4.69, 9.17) is 16.3 Å². The van der Waals surface area contributed by atoms with Gasteiger partial charge >= 0.3 is 0 Å². The predicted molar refractivity (Wildman–Crippen MR) is 65.7 cm³/mol. The number of likely N-dealkylation sites (tertiary alicyclic amines) is 1. The maximum Gasteiger partial charge on any atom is 0.0698 e. The summed E-state index contributed by atoms with van der Waals surface area (Å²) in [7, 11) is 1.83. The van der Waals surface area contributed by atoms with Gasteiger partial charge in [-0.05, 0) is 38.8 Å². The smallest absolute Gasteiger partial charge is 0.0698 e. The molecular weight excluding hydrogens is 210 g/mol. The summed E-state index contributed by atoms with van der Waals surface area (Å²) in [6.07, 6.45) is 8.09. The summed E-state index contributed by atoms with van der Waals surface area (Å²) >= 11 is 5.64. The Morgan fingerprint density at radius 2 is 2.07 bits per heavy atom. The van der Waals surface area contributed by atoms with Crippen LogP contribution in [-0.2, 0) is 4.74 Å². The normalized spacial score (nSPS) is 23.2. The first-order chi connectivity index (χ1) is 7.36. The highest BCUT2D eigenvalue weighted by Gasteiger charge is 2.18. The van der Waals surface area contributed by atoms with E-state index in [1.165, 1.54) is 51.6 Å². The van der Waals surface area contributed by atoms with Gasteiger partial charge in [0, 0.05) is 19.5 Å². The Bertz CT molecular complexity index is 155. The number of methoxy groups -OCH3 is 1. The van der Waals surface area contributed by atoms with Crippen molar-refractivity contribution in [2.45, 2.75) is 44.6 Å². The highest BCUT2D eigenvalue weighted by Crippen LogP contribution is 2.13. The second-order valence-corrected chi connectivity index (χ2v) is 4.78. The van der Waals surface area contributed by atoms with Crippen LogP contribution >= 0.6 is 11.6 Å². The first-order valence-corrected chi connectivity index (χ1v) is 6.71.